The maximum Gasteiger partial charge on any atom is 0.236 e. The minimum atomic E-state index is -0.535. The van der Waals surface area contributed by atoms with E-state index in [4.69, 9.17) is 11.6 Å². The van der Waals surface area contributed by atoms with E-state index in [1.807, 2.05) is 4.90 Å². The SMILES string of the molecule is O=C(CCN1CCN(CC(=O)N2CCCC2)CC1)Nc1ccc(Cl)cc1F. The van der Waals surface area contributed by atoms with E-state index in [1.54, 1.807) is 6.07 Å². The van der Waals surface area contributed by atoms with E-state index in [9.17, 15) is 14.0 Å². The van der Waals surface area contributed by atoms with Crippen molar-refractivity contribution >= 4 is 29.1 Å². The molecule has 0 aromatic heterocycles. The van der Waals surface area contributed by atoms with Gasteiger partial charge >= 0.3 is 0 Å². The van der Waals surface area contributed by atoms with Crippen LogP contribution in [0.1, 0.15) is 19.3 Å². The highest BCUT2D eigenvalue weighted by Crippen LogP contribution is 2.19. The highest BCUT2D eigenvalue weighted by Gasteiger charge is 2.23. The van der Waals surface area contributed by atoms with Gasteiger partial charge in [0.1, 0.15) is 5.82 Å². The number of hydrogen-bond donors (Lipinski definition) is 1. The molecule has 3 rings (SSSR count). The molecule has 2 amide bonds. The number of hydrogen-bond acceptors (Lipinski definition) is 4. The number of amides is 2. The van der Waals surface area contributed by atoms with Crippen molar-refractivity contribution < 1.29 is 14.0 Å². The number of benzene rings is 1. The molecular formula is C19H26ClFN4O2. The molecule has 148 valence electrons. The molecule has 0 bridgehead atoms. The van der Waals surface area contributed by atoms with Crippen LogP contribution in [0, 0.1) is 5.82 Å². The molecule has 8 heteroatoms. The summed E-state index contributed by atoms with van der Waals surface area (Å²) in [6.45, 7) is 6.20. The Labute approximate surface area is 164 Å². The van der Waals surface area contributed by atoms with E-state index < -0.39 is 5.82 Å². The Morgan fingerprint density at radius 2 is 1.70 bits per heavy atom. The first-order valence-electron chi connectivity index (χ1n) is 9.48. The van der Waals surface area contributed by atoms with E-state index in [-0.39, 0.29) is 17.5 Å². The summed E-state index contributed by atoms with van der Waals surface area (Å²) >= 11 is 5.71. The Morgan fingerprint density at radius 3 is 2.37 bits per heavy atom. The smallest absolute Gasteiger partial charge is 0.236 e. The summed E-state index contributed by atoms with van der Waals surface area (Å²) in [6.07, 6.45) is 2.53. The van der Waals surface area contributed by atoms with Gasteiger partial charge in [-0.25, -0.2) is 4.39 Å². The molecule has 6 nitrogen and oxygen atoms in total. The van der Waals surface area contributed by atoms with E-state index >= 15 is 0 Å². The summed E-state index contributed by atoms with van der Waals surface area (Å²) in [5, 5.41) is 2.88. The summed E-state index contributed by atoms with van der Waals surface area (Å²) in [4.78, 5) is 30.6. The monoisotopic (exact) mass is 396 g/mol. The normalized spacial score (nSPS) is 18.7. The van der Waals surface area contributed by atoms with Gasteiger partial charge in [-0.3, -0.25) is 14.5 Å². The molecule has 1 N–H and O–H groups in total. The Bertz CT molecular complexity index is 674. The molecule has 1 aromatic rings. The maximum atomic E-state index is 13.7. The Balaban J connectivity index is 1.35. The van der Waals surface area contributed by atoms with Crippen molar-refractivity contribution in [2.45, 2.75) is 19.3 Å². The summed E-state index contributed by atoms with van der Waals surface area (Å²) in [5.41, 5.74) is 0.148. The highest BCUT2D eigenvalue weighted by atomic mass is 35.5. The van der Waals surface area contributed by atoms with E-state index in [0.29, 0.717) is 24.5 Å². The molecule has 27 heavy (non-hydrogen) atoms. The molecule has 0 radical (unpaired) electrons. The number of likely N-dealkylation sites (tertiary alicyclic amines) is 1. The second kappa shape index (κ2) is 9.48. The molecular weight excluding hydrogens is 371 g/mol. The second-order valence-corrected chi connectivity index (χ2v) is 7.56. The van der Waals surface area contributed by atoms with Crippen molar-refractivity contribution in [2.24, 2.45) is 0 Å². The second-order valence-electron chi connectivity index (χ2n) is 7.13. The summed E-state index contributed by atoms with van der Waals surface area (Å²) in [6, 6.07) is 4.19. The predicted molar refractivity (Wildman–Crippen MR) is 103 cm³/mol. The zero-order chi connectivity index (χ0) is 19.2. The lowest BCUT2D eigenvalue weighted by atomic mass is 10.2. The van der Waals surface area contributed by atoms with Crippen LogP contribution >= 0.6 is 11.6 Å². The summed E-state index contributed by atoms with van der Waals surface area (Å²) < 4.78 is 13.7. The fourth-order valence-electron chi connectivity index (χ4n) is 3.49. The number of anilines is 1. The summed E-state index contributed by atoms with van der Waals surface area (Å²) in [7, 11) is 0. The lowest BCUT2D eigenvalue weighted by Crippen LogP contribution is -2.50. The third kappa shape index (κ3) is 5.89. The van der Waals surface area contributed by atoms with Gasteiger partial charge in [0.05, 0.1) is 12.2 Å². The molecule has 0 saturated carbocycles. The average molecular weight is 397 g/mol. The van der Waals surface area contributed by atoms with E-state index in [1.165, 1.54) is 12.1 Å². The van der Waals surface area contributed by atoms with Crippen LogP contribution in [0.5, 0.6) is 0 Å². The molecule has 0 atom stereocenters. The number of halogens is 2. The first kappa shape index (κ1) is 20.0. The predicted octanol–water partition coefficient (Wildman–Crippen LogP) is 2.05. The first-order chi connectivity index (χ1) is 13.0. The van der Waals surface area contributed by atoms with Gasteiger partial charge in [0.15, 0.2) is 0 Å². The van der Waals surface area contributed by atoms with Gasteiger partial charge < -0.3 is 15.1 Å². The van der Waals surface area contributed by atoms with Gasteiger partial charge in [0.2, 0.25) is 11.8 Å². The van der Waals surface area contributed by atoms with Crippen LogP contribution in [0.15, 0.2) is 18.2 Å². The lowest BCUT2D eigenvalue weighted by Gasteiger charge is -2.34. The van der Waals surface area contributed by atoms with Gasteiger partial charge in [-0.2, -0.15) is 0 Å². The van der Waals surface area contributed by atoms with Gasteiger partial charge in [-0.05, 0) is 31.0 Å². The molecule has 1 aromatic carbocycles. The minimum absolute atomic E-state index is 0.148. The number of carbonyl (C=O) groups is 2. The van der Waals surface area contributed by atoms with Crippen molar-refractivity contribution in [1.82, 2.24) is 14.7 Å². The number of carbonyl (C=O) groups excluding carboxylic acids is 2. The molecule has 2 fully saturated rings. The first-order valence-corrected chi connectivity index (χ1v) is 9.86. The zero-order valence-corrected chi connectivity index (χ0v) is 16.2. The van der Waals surface area contributed by atoms with Crippen molar-refractivity contribution in [3.8, 4) is 0 Å². The largest absolute Gasteiger partial charge is 0.342 e. The van der Waals surface area contributed by atoms with Gasteiger partial charge in [0.25, 0.3) is 0 Å². The topological polar surface area (TPSA) is 55.9 Å². The number of nitrogens with one attached hydrogen (secondary N) is 1. The molecule has 2 aliphatic heterocycles. The zero-order valence-electron chi connectivity index (χ0n) is 15.4. The fraction of sp³-hybridized carbons (Fsp3) is 0.579. The van der Waals surface area contributed by atoms with Crippen molar-refractivity contribution in [3.05, 3.63) is 29.0 Å². The van der Waals surface area contributed by atoms with Crippen molar-refractivity contribution in [2.75, 3.05) is 57.7 Å². The van der Waals surface area contributed by atoms with Crippen LogP contribution in [0.2, 0.25) is 5.02 Å². The van der Waals surface area contributed by atoms with E-state index in [2.05, 4.69) is 15.1 Å². The van der Waals surface area contributed by atoms with Crippen LogP contribution in [0.25, 0.3) is 0 Å². The van der Waals surface area contributed by atoms with Crippen molar-refractivity contribution in [3.63, 3.8) is 0 Å². The molecule has 2 aliphatic rings. The van der Waals surface area contributed by atoms with Gasteiger partial charge in [-0.1, -0.05) is 11.6 Å². The Kier molecular flexibility index (Phi) is 7.04. The average Bonchev–Trinajstić information content (AvgIpc) is 3.18. The number of rotatable bonds is 6. The highest BCUT2D eigenvalue weighted by molar-refractivity contribution is 6.30. The maximum absolute atomic E-state index is 13.7. The molecule has 2 heterocycles. The number of nitrogens with zero attached hydrogens (tertiary/aromatic N) is 3. The molecule has 2 saturated heterocycles. The molecule has 0 spiro atoms. The van der Waals surface area contributed by atoms with Gasteiger partial charge in [-0.15, -0.1) is 0 Å². The fourth-order valence-corrected chi connectivity index (χ4v) is 3.65. The third-order valence-corrected chi connectivity index (χ3v) is 5.38. The molecule has 0 aliphatic carbocycles. The van der Waals surface area contributed by atoms with Crippen LogP contribution in [0.4, 0.5) is 10.1 Å². The Morgan fingerprint density at radius 1 is 1.04 bits per heavy atom. The van der Waals surface area contributed by atoms with Crippen LogP contribution in [-0.4, -0.2) is 78.9 Å². The Hall–Kier alpha value is -1.70. The van der Waals surface area contributed by atoms with Crippen molar-refractivity contribution in [1.29, 1.82) is 0 Å². The van der Waals surface area contributed by atoms with Crippen LogP contribution < -0.4 is 5.32 Å². The summed E-state index contributed by atoms with van der Waals surface area (Å²) in [5.74, 6) is -0.527. The standard InChI is InChI=1S/C19H26ClFN4O2/c20-15-3-4-17(16(21)13-15)22-18(26)5-8-23-9-11-24(12-10-23)14-19(27)25-6-1-2-7-25/h3-4,13H,1-2,5-12,14H2,(H,22,26). The number of piperazine rings is 1. The van der Waals surface area contributed by atoms with E-state index in [0.717, 1.165) is 52.1 Å². The molecule has 0 unspecified atom stereocenters. The van der Waals surface area contributed by atoms with Gasteiger partial charge in [0, 0.05) is 57.3 Å². The lowest BCUT2D eigenvalue weighted by molar-refractivity contribution is -0.131. The minimum Gasteiger partial charge on any atom is -0.342 e. The van der Waals surface area contributed by atoms with Crippen LogP contribution in [0.3, 0.4) is 0 Å². The van der Waals surface area contributed by atoms with Crippen LogP contribution in [-0.2, 0) is 9.59 Å². The third-order valence-electron chi connectivity index (χ3n) is 5.14. The quantitative estimate of drug-likeness (QED) is 0.799.